The molecule has 0 amide bonds. The largest absolute Gasteiger partial charge is 0.497 e. The Morgan fingerprint density at radius 2 is 2.00 bits per heavy atom. The third-order valence-corrected chi connectivity index (χ3v) is 5.05. The number of hydrogen-bond acceptors (Lipinski definition) is 3. The van der Waals surface area contributed by atoms with E-state index in [0.717, 1.165) is 17.7 Å². The van der Waals surface area contributed by atoms with Gasteiger partial charge in [-0.05, 0) is 62.8 Å². The first-order valence-corrected chi connectivity index (χ1v) is 8.37. The summed E-state index contributed by atoms with van der Waals surface area (Å²) >= 11 is 0. The maximum atomic E-state index is 5.34. The van der Waals surface area contributed by atoms with Crippen molar-refractivity contribution in [3.05, 3.63) is 29.8 Å². The van der Waals surface area contributed by atoms with Crippen molar-refractivity contribution in [2.24, 2.45) is 5.92 Å². The zero-order chi connectivity index (χ0) is 14.7. The average molecular weight is 288 g/mol. The number of nitrogens with zero attached hydrogens (tertiary/aromatic N) is 1. The van der Waals surface area contributed by atoms with Crippen molar-refractivity contribution in [2.45, 2.75) is 44.7 Å². The third kappa shape index (κ3) is 3.98. The van der Waals surface area contributed by atoms with Gasteiger partial charge in [0.05, 0.1) is 7.11 Å². The van der Waals surface area contributed by atoms with Crippen LogP contribution >= 0.6 is 0 Å². The minimum absolute atomic E-state index is 0.476. The van der Waals surface area contributed by atoms with E-state index in [-0.39, 0.29) is 0 Å². The van der Waals surface area contributed by atoms with Crippen LogP contribution in [0.3, 0.4) is 0 Å². The normalized spacial score (nSPS) is 22.2. The average Bonchev–Trinajstić information content (AvgIpc) is 3.37. The number of methoxy groups -OCH3 is 1. The van der Waals surface area contributed by atoms with Gasteiger partial charge in [-0.1, -0.05) is 12.1 Å². The summed E-state index contributed by atoms with van der Waals surface area (Å²) < 4.78 is 5.34. The van der Waals surface area contributed by atoms with Gasteiger partial charge in [0.1, 0.15) is 5.75 Å². The summed E-state index contributed by atoms with van der Waals surface area (Å²) in [6, 6.07) is 9.70. The highest BCUT2D eigenvalue weighted by Crippen LogP contribution is 2.29. The summed E-state index contributed by atoms with van der Waals surface area (Å²) in [5, 5.41) is 3.75. The molecule has 1 saturated carbocycles. The van der Waals surface area contributed by atoms with E-state index in [4.69, 9.17) is 4.74 Å². The fraction of sp³-hybridized carbons (Fsp3) is 0.667. The van der Waals surface area contributed by atoms with Crippen LogP contribution in [0.25, 0.3) is 0 Å². The van der Waals surface area contributed by atoms with Gasteiger partial charge >= 0.3 is 0 Å². The minimum atomic E-state index is 0.476. The topological polar surface area (TPSA) is 24.5 Å². The van der Waals surface area contributed by atoms with Crippen molar-refractivity contribution in [3.63, 3.8) is 0 Å². The van der Waals surface area contributed by atoms with Crippen LogP contribution in [0, 0.1) is 5.92 Å². The number of benzene rings is 1. The quantitative estimate of drug-likeness (QED) is 0.870. The van der Waals surface area contributed by atoms with E-state index in [1.807, 2.05) is 6.07 Å². The Labute approximate surface area is 128 Å². The number of nitrogens with one attached hydrogen (secondary N) is 1. The van der Waals surface area contributed by atoms with E-state index in [1.165, 1.54) is 50.9 Å². The summed E-state index contributed by atoms with van der Waals surface area (Å²) in [6.45, 7) is 5.95. The Morgan fingerprint density at radius 3 is 2.67 bits per heavy atom. The maximum absolute atomic E-state index is 5.34. The fourth-order valence-electron chi connectivity index (χ4n) is 3.26. The highest BCUT2D eigenvalue weighted by atomic mass is 16.5. The summed E-state index contributed by atoms with van der Waals surface area (Å²) in [4.78, 5) is 2.60. The molecule has 116 valence electrons. The molecule has 1 aromatic rings. The van der Waals surface area contributed by atoms with E-state index in [2.05, 4.69) is 35.3 Å². The smallest absolute Gasteiger partial charge is 0.119 e. The van der Waals surface area contributed by atoms with Crippen molar-refractivity contribution in [1.82, 2.24) is 10.2 Å². The van der Waals surface area contributed by atoms with Crippen LogP contribution in [-0.2, 0) is 0 Å². The van der Waals surface area contributed by atoms with E-state index < -0.39 is 0 Å². The number of piperidine rings is 1. The lowest BCUT2D eigenvalue weighted by Crippen LogP contribution is -2.43. The first-order chi connectivity index (χ1) is 10.3. The van der Waals surface area contributed by atoms with Gasteiger partial charge in [-0.3, -0.25) is 4.90 Å². The lowest BCUT2D eigenvalue weighted by atomic mass is 10.00. The molecule has 1 heterocycles. The Morgan fingerprint density at radius 1 is 1.24 bits per heavy atom. The molecule has 0 bridgehead atoms. The fourth-order valence-corrected chi connectivity index (χ4v) is 3.26. The molecule has 1 aliphatic heterocycles. The highest BCUT2D eigenvalue weighted by Gasteiger charge is 2.26. The molecule has 3 heteroatoms. The van der Waals surface area contributed by atoms with Crippen LogP contribution in [0.2, 0.25) is 0 Å². The molecule has 1 aliphatic carbocycles. The zero-order valence-electron chi connectivity index (χ0n) is 13.3. The number of ether oxygens (including phenoxy) is 1. The molecule has 1 atom stereocenters. The molecule has 0 aromatic heterocycles. The molecular weight excluding hydrogens is 260 g/mol. The molecule has 3 nitrogen and oxygen atoms in total. The molecule has 2 fully saturated rings. The molecule has 1 saturated heterocycles. The van der Waals surface area contributed by atoms with Crippen LogP contribution in [0.1, 0.15) is 44.2 Å². The van der Waals surface area contributed by atoms with Gasteiger partial charge in [0.15, 0.2) is 0 Å². The first-order valence-electron chi connectivity index (χ1n) is 8.37. The van der Waals surface area contributed by atoms with Gasteiger partial charge in [0.2, 0.25) is 0 Å². The van der Waals surface area contributed by atoms with Crippen molar-refractivity contribution >= 4 is 0 Å². The summed E-state index contributed by atoms with van der Waals surface area (Å²) in [7, 11) is 1.74. The molecule has 2 aliphatic rings. The van der Waals surface area contributed by atoms with E-state index >= 15 is 0 Å². The van der Waals surface area contributed by atoms with Crippen LogP contribution in [0.15, 0.2) is 24.3 Å². The van der Waals surface area contributed by atoms with Gasteiger partial charge in [-0.15, -0.1) is 0 Å². The monoisotopic (exact) mass is 288 g/mol. The molecular formula is C18H28N2O. The minimum Gasteiger partial charge on any atom is -0.497 e. The molecule has 1 N–H and O–H groups in total. The predicted molar refractivity (Wildman–Crippen MR) is 86.7 cm³/mol. The van der Waals surface area contributed by atoms with Gasteiger partial charge in [0, 0.05) is 25.2 Å². The second kappa shape index (κ2) is 6.80. The van der Waals surface area contributed by atoms with Crippen molar-refractivity contribution in [3.8, 4) is 5.75 Å². The van der Waals surface area contributed by atoms with Crippen molar-refractivity contribution in [1.29, 1.82) is 0 Å². The Balaban J connectivity index is 1.50. The van der Waals surface area contributed by atoms with Crippen LogP contribution in [-0.4, -0.2) is 37.7 Å². The SMILES string of the molecule is COc1cccc(C(C)N2CCC(NCC3CC3)CC2)c1. The van der Waals surface area contributed by atoms with Gasteiger partial charge in [-0.25, -0.2) is 0 Å². The second-order valence-corrected chi connectivity index (χ2v) is 6.61. The molecule has 1 unspecified atom stereocenters. The van der Waals surface area contributed by atoms with Crippen molar-refractivity contribution < 1.29 is 4.74 Å². The Hall–Kier alpha value is -1.06. The van der Waals surface area contributed by atoms with E-state index in [9.17, 15) is 0 Å². The van der Waals surface area contributed by atoms with Crippen LogP contribution in [0.5, 0.6) is 5.75 Å². The van der Waals surface area contributed by atoms with Crippen LogP contribution < -0.4 is 10.1 Å². The number of rotatable bonds is 6. The van der Waals surface area contributed by atoms with E-state index in [0.29, 0.717) is 6.04 Å². The molecule has 1 aromatic carbocycles. The Kier molecular flexibility index (Phi) is 4.81. The lowest BCUT2D eigenvalue weighted by Gasteiger charge is -2.36. The summed E-state index contributed by atoms with van der Waals surface area (Å²) in [5.74, 6) is 1.94. The summed E-state index contributed by atoms with van der Waals surface area (Å²) in [5.41, 5.74) is 1.36. The molecule has 0 spiro atoms. The second-order valence-electron chi connectivity index (χ2n) is 6.61. The molecule has 3 rings (SSSR count). The zero-order valence-corrected chi connectivity index (χ0v) is 13.3. The molecule has 0 radical (unpaired) electrons. The van der Waals surface area contributed by atoms with Gasteiger partial charge < -0.3 is 10.1 Å². The maximum Gasteiger partial charge on any atom is 0.119 e. The van der Waals surface area contributed by atoms with Gasteiger partial charge in [-0.2, -0.15) is 0 Å². The number of likely N-dealkylation sites (tertiary alicyclic amines) is 1. The van der Waals surface area contributed by atoms with Crippen LogP contribution in [0.4, 0.5) is 0 Å². The molecule has 21 heavy (non-hydrogen) atoms. The van der Waals surface area contributed by atoms with Gasteiger partial charge in [0.25, 0.3) is 0 Å². The van der Waals surface area contributed by atoms with Crippen molar-refractivity contribution in [2.75, 3.05) is 26.7 Å². The highest BCUT2D eigenvalue weighted by molar-refractivity contribution is 5.30. The Bertz CT molecular complexity index is 450. The number of hydrogen-bond donors (Lipinski definition) is 1. The third-order valence-electron chi connectivity index (χ3n) is 5.05. The predicted octanol–water partition coefficient (Wildman–Crippen LogP) is 3.22. The summed E-state index contributed by atoms with van der Waals surface area (Å²) in [6.07, 6.45) is 5.44. The lowest BCUT2D eigenvalue weighted by molar-refractivity contribution is 0.152. The van der Waals surface area contributed by atoms with E-state index in [1.54, 1.807) is 7.11 Å². The standard InChI is InChI=1S/C18H28N2O/c1-14(16-4-3-5-18(12-16)21-2)20-10-8-17(9-11-20)19-13-15-6-7-15/h3-5,12,14-15,17,19H,6-11,13H2,1-2H3. The first kappa shape index (κ1) is 14.9.